The van der Waals surface area contributed by atoms with Crippen LogP contribution in [0.2, 0.25) is 0 Å². The number of nitro benzene ring substituents is 1. The van der Waals surface area contributed by atoms with Gasteiger partial charge in [0.15, 0.2) is 14.7 Å². The fourth-order valence-electron chi connectivity index (χ4n) is 1.94. The number of fused-ring (bicyclic) bond motifs is 1. The Labute approximate surface area is 111 Å². The SMILES string of the molecule is CC(C)(C)c1cc2c(c([N+](=O)[O-])c1)S(=O)(=O)CCO2. The fraction of sp³-hybridized carbons (Fsp3) is 0.500. The average molecular weight is 285 g/mol. The minimum atomic E-state index is -3.65. The zero-order valence-corrected chi connectivity index (χ0v) is 11.8. The number of hydrogen-bond acceptors (Lipinski definition) is 5. The van der Waals surface area contributed by atoms with Crippen LogP contribution in [-0.4, -0.2) is 25.7 Å². The third-order valence-electron chi connectivity index (χ3n) is 3.02. The van der Waals surface area contributed by atoms with Crippen LogP contribution >= 0.6 is 0 Å². The molecular formula is C12H15NO5S. The number of rotatable bonds is 1. The first-order valence-corrected chi connectivity index (χ1v) is 7.46. The van der Waals surface area contributed by atoms with Crippen molar-refractivity contribution in [1.82, 2.24) is 0 Å². The van der Waals surface area contributed by atoms with Crippen LogP contribution in [0, 0.1) is 10.1 Å². The molecule has 19 heavy (non-hydrogen) atoms. The molecule has 1 aromatic carbocycles. The van der Waals surface area contributed by atoms with E-state index < -0.39 is 20.4 Å². The van der Waals surface area contributed by atoms with E-state index in [1.807, 2.05) is 20.8 Å². The Hall–Kier alpha value is -1.63. The van der Waals surface area contributed by atoms with Crippen LogP contribution in [0.25, 0.3) is 0 Å². The van der Waals surface area contributed by atoms with Gasteiger partial charge in [0.1, 0.15) is 12.4 Å². The third kappa shape index (κ3) is 2.42. The molecule has 1 aromatic rings. The summed E-state index contributed by atoms with van der Waals surface area (Å²) in [6, 6.07) is 2.91. The zero-order valence-electron chi connectivity index (χ0n) is 11.0. The monoisotopic (exact) mass is 285 g/mol. The van der Waals surface area contributed by atoms with E-state index in [2.05, 4.69) is 0 Å². The summed E-state index contributed by atoms with van der Waals surface area (Å²) in [6.07, 6.45) is 0. The van der Waals surface area contributed by atoms with Gasteiger partial charge in [0.25, 0.3) is 5.69 Å². The summed E-state index contributed by atoms with van der Waals surface area (Å²) >= 11 is 0. The van der Waals surface area contributed by atoms with E-state index >= 15 is 0 Å². The van der Waals surface area contributed by atoms with E-state index in [0.29, 0.717) is 5.56 Å². The van der Waals surface area contributed by atoms with Crippen molar-refractivity contribution < 1.29 is 18.1 Å². The Bertz CT molecular complexity index is 643. The largest absolute Gasteiger partial charge is 0.491 e. The maximum Gasteiger partial charge on any atom is 0.292 e. The lowest BCUT2D eigenvalue weighted by molar-refractivity contribution is -0.388. The number of ether oxygens (including phenoxy) is 1. The highest BCUT2D eigenvalue weighted by atomic mass is 32.2. The van der Waals surface area contributed by atoms with Gasteiger partial charge in [-0.2, -0.15) is 0 Å². The molecular weight excluding hydrogens is 270 g/mol. The highest BCUT2D eigenvalue weighted by Crippen LogP contribution is 2.40. The summed E-state index contributed by atoms with van der Waals surface area (Å²) in [6.45, 7) is 5.72. The Morgan fingerprint density at radius 2 is 1.95 bits per heavy atom. The Balaban J connectivity index is 2.80. The molecule has 0 radical (unpaired) electrons. The number of sulfone groups is 1. The van der Waals surface area contributed by atoms with Gasteiger partial charge in [-0.1, -0.05) is 20.8 Å². The van der Waals surface area contributed by atoms with E-state index in [1.54, 1.807) is 6.07 Å². The van der Waals surface area contributed by atoms with Crippen LogP contribution in [0.4, 0.5) is 5.69 Å². The maximum absolute atomic E-state index is 12.0. The molecule has 6 nitrogen and oxygen atoms in total. The van der Waals surface area contributed by atoms with Gasteiger partial charge in [-0.05, 0) is 17.0 Å². The summed E-state index contributed by atoms with van der Waals surface area (Å²) in [4.78, 5) is 10.2. The summed E-state index contributed by atoms with van der Waals surface area (Å²) in [5.41, 5.74) is -0.0538. The van der Waals surface area contributed by atoms with Gasteiger partial charge >= 0.3 is 0 Å². The van der Waals surface area contributed by atoms with Crippen LogP contribution in [-0.2, 0) is 15.3 Å². The number of nitrogens with zero attached hydrogens (tertiary/aromatic N) is 1. The van der Waals surface area contributed by atoms with Crippen molar-refractivity contribution in [3.05, 3.63) is 27.8 Å². The van der Waals surface area contributed by atoms with E-state index in [0.717, 1.165) is 0 Å². The average Bonchev–Trinajstić information content (AvgIpc) is 2.25. The van der Waals surface area contributed by atoms with Gasteiger partial charge in [0.05, 0.1) is 10.7 Å². The van der Waals surface area contributed by atoms with Crippen molar-refractivity contribution in [2.24, 2.45) is 0 Å². The first-order valence-electron chi connectivity index (χ1n) is 5.81. The van der Waals surface area contributed by atoms with Crippen molar-refractivity contribution in [2.45, 2.75) is 31.1 Å². The lowest BCUT2D eigenvalue weighted by atomic mass is 9.86. The van der Waals surface area contributed by atoms with Gasteiger partial charge < -0.3 is 4.74 Å². The molecule has 7 heteroatoms. The van der Waals surface area contributed by atoms with Crippen LogP contribution in [0.15, 0.2) is 17.0 Å². The molecule has 0 aliphatic carbocycles. The first kappa shape index (κ1) is 13.8. The smallest absolute Gasteiger partial charge is 0.292 e. The molecule has 0 aromatic heterocycles. The van der Waals surface area contributed by atoms with Gasteiger partial charge in [-0.3, -0.25) is 10.1 Å². The van der Waals surface area contributed by atoms with Crippen LogP contribution < -0.4 is 4.74 Å². The molecule has 0 saturated carbocycles. The lowest BCUT2D eigenvalue weighted by Gasteiger charge is -2.23. The summed E-state index contributed by atoms with van der Waals surface area (Å²) in [5, 5.41) is 11.1. The molecule has 0 fully saturated rings. The molecule has 0 spiro atoms. The van der Waals surface area contributed by atoms with Crippen LogP contribution in [0.5, 0.6) is 5.75 Å². The van der Waals surface area contributed by atoms with Crippen molar-refractivity contribution in [1.29, 1.82) is 0 Å². The van der Waals surface area contributed by atoms with Gasteiger partial charge in [-0.15, -0.1) is 0 Å². The molecule has 2 rings (SSSR count). The van der Waals surface area contributed by atoms with Crippen molar-refractivity contribution in [3.63, 3.8) is 0 Å². The van der Waals surface area contributed by atoms with Crippen molar-refractivity contribution in [3.8, 4) is 5.75 Å². The molecule has 0 amide bonds. The van der Waals surface area contributed by atoms with E-state index in [-0.39, 0.29) is 28.4 Å². The first-order chi connectivity index (χ1) is 8.63. The number of nitro groups is 1. The Morgan fingerprint density at radius 3 is 2.47 bits per heavy atom. The molecule has 104 valence electrons. The number of benzene rings is 1. The second-order valence-electron chi connectivity index (χ2n) is 5.50. The second-order valence-corrected chi connectivity index (χ2v) is 7.54. The highest BCUT2D eigenvalue weighted by Gasteiger charge is 2.35. The van der Waals surface area contributed by atoms with Gasteiger partial charge in [0.2, 0.25) is 0 Å². The second kappa shape index (κ2) is 4.19. The molecule has 1 heterocycles. The molecule has 0 bridgehead atoms. The van der Waals surface area contributed by atoms with Crippen LogP contribution in [0.3, 0.4) is 0 Å². The van der Waals surface area contributed by atoms with Crippen molar-refractivity contribution >= 4 is 15.5 Å². The predicted molar refractivity (Wildman–Crippen MR) is 69.3 cm³/mol. The van der Waals surface area contributed by atoms with Crippen LogP contribution in [0.1, 0.15) is 26.3 Å². The minimum Gasteiger partial charge on any atom is -0.491 e. The quantitative estimate of drug-likeness (QED) is 0.582. The molecule has 0 atom stereocenters. The summed E-state index contributed by atoms with van der Waals surface area (Å²) in [5.74, 6) is -0.138. The summed E-state index contributed by atoms with van der Waals surface area (Å²) < 4.78 is 29.3. The normalized spacial score (nSPS) is 17.4. The predicted octanol–water partition coefficient (Wildman–Crippen LogP) is 2.06. The van der Waals surface area contributed by atoms with Crippen molar-refractivity contribution in [2.75, 3.05) is 12.4 Å². The maximum atomic E-state index is 12.0. The minimum absolute atomic E-state index is 0.0279. The summed E-state index contributed by atoms with van der Waals surface area (Å²) in [7, 11) is -3.65. The molecule has 0 N–H and O–H groups in total. The standard InChI is InChI=1S/C12H15NO5S/c1-12(2,3)8-6-9(13(14)15)11-10(7-8)18-4-5-19(11,16)17/h6-7H,4-5H2,1-3H3. The topological polar surface area (TPSA) is 86.5 Å². The Kier molecular flexibility index (Phi) is 3.04. The van der Waals surface area contributed by atoms with E-state index in [4.69, 9.17) is 4.74 Å². The fourth-order valence-corrected chi connectivity index (χ4v) is 3.32. The molecule has 0 unspecified atom stereocenters. The number of hydrogen-bond donors (Lipinski definition) is 0. The van der Waals surface area contributed by atoms with Gasteiger partial charge in [-0.25, -0.2) is 8.42 Å². The lowest BCUT2D eigenvalue weighted by Crippen LogP contribution is -2.23. The molecule has 1 aliphatic heterocycles. The molecule has 0 saturated heterocycles. The Morgan fingerprint density at radius 1 is 1.32 bits per heavy atom. The third-order valence-corrected chi connectivity index (χ3v) is 4.76. The van der Waals surface area contributed by atoms with E-state index in [1.165, 1.54) is 6.07 Å². The van der Waals surface area contributed by atoms with Gasteiger partial charge in [0, 0.05) is 6.07 Å². The zero-order chi connectivity index (χ0) is 14.4. The highest BCUT2D eigenvalue weighted by molar-refractivity contribution is 7.91. The van der Waals surface area contributed by atoms with E-state index in [9.17, 15) is 18.5 Å². The molecule has 1 aliphatic rings.